The lowest BCUT2D eigenvalue weighted by atomic mass is 10.2. The van der Waals surface area contributed by atoms with Gasteiger partial charge in [0.25, 0.3) is 0 Å². The minimum atomic E-state index is -0.307. The maximum Gasteiger partial charge on any atom is 0.182 e. The van der Waals surface area contributed by atoms with Gasteiger partial charge in [-0.1, -0.05) is 18.2 Å². The van der Waals surface area contributed by atoms with E-state index in [4.69, 9.17) is 4.74 Å². The van der Waals surface area contributed by atoms with Gasteiger partial charge in [0.1, 0.15) is 18.2 Å². The van der Waals surface area contributed by atoms with Gasteiger partial charge in [-0.2, -0.15) is 0 Å². The van der Waals surface area contributed by atoms with Crippen LogP contribution in [0.25, 0.3) is 0 Å². The average Bonchev–Trinajstić information content (AvgIpc) is 3.32. The van der Waals surface area contributed by atoms with Gasteiger partial charge in [0.2, 0.25) is 0 Å². The van der Waals surface area contributed by atoms with Crippen LogP contribution in [-0.2, 0) is 6.54 Å². The van der Waals surface area contributed by atoms with Crippen LogP contribution in [0.15, 0.2) is 54.6 Å². The Morgan fingerprint density at radius 3 is 2.70 bits per heavy atom. The molecule has 0 amide bonds. The second-order valence-corrected chi connectivity index (χ2v) is 8.08. The number of halogens is 1. The van der Waals surface area contributed by atoms with E-state index >= 15 is 0 Å². The molecule has 2 aromatic carbocycles. The minimum Gasteiger partial charge on any atom is -0.492 e. The Bertz CT molecular complexity index is 1100. The SMILES string of the molecule is CC(=O)c1nnc(Nc2cccc(OCCN3CCCC3)c2)cc1NCc1cccc(F)c1. The Labute approximate surface area is 193 Å². The van der Waals surface area contributed by atoms with E-state index in [1.54, 1.807) is 12.1 Å². The molecule has 1 saturated heterocycles. The van der Waals surface area contributed by atoms with Crippen molar-refractivity contribution in [1.82, 2.24) is 15.1 Å². The Hall–Kier alpha value is -3.52. The summed E-state index contributed by atoms with van der Waals surface area (Å²) in [6.07, 6.45) is 2.53. The standard InChI is InChI=1S/C25H28FN5O2/c1-18(32)25-23(27-17-19-6-4-7-20(26)14-19)16-24(29-30-25)28-21-8-5-9-22(15-21)33-13-12-31-10-2-3-11-31/h4-9,14-16H,2-3,10-13,17H2,1H3,(H2,27,28,29). The van der Waals surface area contributed by atoms with E-state index in [9.17, 15) is 9.18 Å². The van der Waals surface area contributed by atoms with E-state index in [-0.39, 0.29) is 17.3 Å². The number of likely N-dealkylation sites (tertiary alicyclic amines) is 1. The van der Waals surface area contributed by atoms with Gasteiger partial charge in [0.15, 0.2) is 17.3 Å². The topological polar surface area (TPSA) is 79.4 Å². The normalized spacial score (nSPS) is 13.6. The lowest BCUT2D eigenvalue weighted by molar-refractivity contribution is 0.101. The van der Waals surface area contributed by atoms with Crippen LogP contribution in [0.3, 0.4) is 0 Å². The lowest BCUT2D eigenvalue weighted by Crippen LogP contribution is -2.25. The zero-order valence-corrected chi connectivity index (χ0v) is 18.7. The summed E-state index contributed by atoms with van der Waals surface area (Å²) in [5, 5.41) is 14.6. The number of nitrogens with zero attached hydrogens (tertiary/aromatic N) is 3. The predicted molar refractivity (Wildman–Crippen MR) is 127 cm³/mol. The molecular weight excluding hydrogens is 421 g/mol. The van der Waals surface area contributed by atoms with Crippen LogP contribution in [0.5, 0.6) is 5.75 Å². The Morgan fingerprint density at radius 1 is 1.09 bits per heavy atom. The molecule has 0 aliphatic carbocycles. The van der Waals surface area contributed by atoms with E-state index in [2.05, 4.69) is 25.7 Å². The third kappa shape index (κ3) is 6.49. The highest BCUT2D eigenvalue weighted by atomic mass is 19.1. The molecule has 0 bridgehead atoms. The molecular formula is C25H28FN5O2. The number of rotatable bonds is 10. The average molecular weight is 450 g/mol. The Balaban J connectivity index is 1.41. The van der Waals surface area contributed by atoms with E-state index in [1.165, 1.54) is 31.9 Å². The van der Waals surface area contributed by atoms with Gasteiger partial charge in [0, 0.05) is 37.8 Å². The molecule has 0 spiro atoms. The number of nitrogens with one attached hydrogen (secondary N) is 2. The van der Waals surface area contributed by atoms with Gasteiger partial charge in [-0.25, -0.2) is 4.39 Å². The summed E-state index contributed by atoms with van der Waals surface area (Å²) in [5.41, 5.74) is 2.32. The van der Waals surface area contributed by atoms with Crippen LogP contribution in [0, 0.1) is 5.82 Å². The second kappa shape index (κ2) is 10.9. The van der Waals surface area contributed by atoms with Gasteiger partial charge < -0.3 is 15.4 Å². The fourth-order valence-corrected chi connectivity index (χ4v) is 3.80. The molecule has 3 aromatic rings. The van der Waals surface area contributed by atoms with Crippen molar-refractivity contribution in [3.8, 4) is 5.75 Å². The van der Waals surface area contributed by atoms with Crippen molar-refractivity contribution in [2.75, 3.05) is 36.9 Å². The fourth-order valence-electron chi connectivity index (χ4n) is 3.80. The van der Waals surface area contributed by atoms with Crippen LogP contribution in [0.4, 0.5) is 21.6 Å². The van der Waals surface area contributed by atoms with Gasteiger partial charge in [-0.3, -0.25) is 9.69 Å². The summed E-state index contributed by atoms with van der Waals surface area (Å²) >= 11 is 0. The molecule has 1 aromatic heterocycles. The highest BCUT2D eigenvalue weighted by molar-refractivity contribution is 5.97. The van der Waals surface area contributed by atoms with Crippen molar-refractivity contribution in [2.45, 2.75) is 26.3 Å². The summed E-state index contributed by atoms with van der Waals surface area (Å²) in [7, 11) is 0. The van der Waals surface area contributed by atoms with Crippen molar-refractivity contribution in [3.05, 3.63) is 71.7 Å². The molecule has 7 nitrogen and oxygen atoms in total. The summed E-state index contributed by atoms with van der Waals surface area (Å²) in [6.45, 7) is 5.66. The molecule has 0 unspecified atom stereocenters. The van der Waals surface area contributed by atoms with Gasteiger partial charge in [-0.05, 0) is 55.8 Å². The van der Waals surface area contributed by atoms with Gasteiger partial charge in [-0.15, -0.1) is 10.2 Å². The van der Waals surface area contributed by atoms with Crippen LogP contribution in [-0.4, -0.2) is 47.1 Å². The van der Waals surface area contributed by atoms with E-state index in [0.29, 0.717) is 24.7 Å². The predicted octanol–water partition coefficient (Wildman–Crippen LogP) is 4.65. The van der Waals surface area contributed by atoms with Crippen molar-refractivity contribution >= 4 is 23.0 Å². The molecule has 1 aliphatic rings. The molecule has 33 heavy (non-hydrogen) atoms. The number of hydrogen-bond donors (Lipinski definition) is 2. The molecule has 2 N–H and O–H groups in total. The molecule has 172 valence electrons. The molecule has 0 atom stereocenters. The zero-order valence-electron chi connectivity index (χ0n) is 18.7. The number of Topliss-reactive ketones (excluding diaryl/α,β-unsaturated/α-hetero) is 1. The summed E-state index contributed by atoms with van der Waals surface area (Å²) < 4.78 is 19.4. The van der Waals surface area contributed by atoms with Crippen molar-refractivity contribution in [3.63, 3.8) is 0 Å². The monoisotopic (exact) mass is 449 g/mol. The van der Waals surface area contributed by atoms with Crippen molar-refractivity contribution < 1.29 is 13.9 Å². The summed E-state index contributed by atoms with van der Waals surface area (Å²) in [6, 6.07) is 15.7. The van der Waals surface area contributed by atoms with E-state index < -0.39 is 0 Å². The fraction of sp³-hybridized carbons (Fsp3) is 0.320. The molecule has 0 radical (unpaired) electrons. The van der Waals surface area contributed by atoms with Gasteiger partial charge >= 0.3 is 0 Å². The summed E-state index contributed by atoms with van der Waals surface area (Å²) in [4.78, 5) is 14.4. The van der Waals surface area contributed by atoms with E-state index in [0.717, 1.165) is 36.6 Å². The van der Waals surface area contributed by atoms with Crippen LogP contribution in [0.1, 0.15) is 35.8 Å². The molecule has 2 heterocycles. The first-order chi connectivity index (χ1) is 16.1. The minimum absolute atomic E-state index is 0.204. The van der Waals surface area contributed by atoms with Crippen LogP contribution < -0.4 is 15.4 Å². The zero-order chi connectivity index (χ0) is 23.0. The molecule has 1 aliphatic heterocycles. The first-order valence-electron chi connectivity index (χ1n) is 11.2. The number of benzene rings is 2. The van der Waals surface area contributed by atoms with Crippen LogP contribution in [0.2, 0.25) is 0 Å². The Morgan fingerprint density at radius 2 is 1.91 bits per heavy atom. The van der Waals surface area contributed by atoms with Crippen LogP contribution >= 0.6 is 0 Å². The number of anilines is 3. The first kappa shape index (κ1) is 22.7. The maximum absolute atomic E-state index is 13.5. The lowest BCUT2D eigenvalue weighted by Gasteiger charge is -2.15. The van der Waals surface area contributed by atoms with Gasteiger partial charge in [0.05, 0.1) is 5.69 Å². The largest absolute Gasteiger partial charge is 0.492 e. The maximum atomic E-state index is 13.5. The highest BCUT2D eigenvalue weighted by Crippen LogP contribution is 2.24. The smallest absolute Gasteiger partial charge is 0.182 e. The first-order valence-corrected chi connectivity index (χ1v) is 11.2. The number of ether oxygens (including phenoxy) is 1. The molecule has 8 heteroatoms. The van der Waals surface area contributed by atoms with Crippen molar-refractivity contribution in [2.24, 2.45) is 0 Å². The molecule has 4 rings (SSSR count). The molecule has 1 fully saturated rings. The number of hydrogen-bond acceptors (Lipinski definition) is 7. The number of carbonyl (C=O) groups excluding carboxylic acids is 1. The van der Waals surface area contributed by atoms with E-state index in [1.807, 2.05) is 30.3 Å². The van der Waals surface area contributed by atoms with Crippen molar-refractivity contribution in [1.29, 1.82) is 0 Å². The molecule has 0 saturated carbocycles. The highest BCUT2D eigenvalue weighted by Gasteiger charge is 2.13. The third-order valence-electron chi connectivity index (χ3n) is 5.48. The second-order valence-electron chi connectivity index (χ2n) is 8.08. The number of carbonyl (C=O) groups is 1. The Kier molecular flexibility index (Phi) is 7.47. The third-order valence-corrected chi connectivity index (χ3v) is 5.48. The quantitative estimate of drug-likeness (QED) is 0.436. The number of ketones is 1. The summed E-state index contributed by atoms with van der Waals surface area (Å²) in [5.74, 6) is 0.746. The number of aromatic nitrogens is 2.